The number of nitrogens with two attached hydrogens (primary N) is 1. The van der Waals surface area contributed by atoms with Crippen LogP contribution in [0.15, 0.2) is 36.2 Å². The van der Waals surface area contributed by atoms with Crippen LogP contribution in [-0.4, -0.2) is 33.6 Å². The molecule has 3 aliphatic carbocycles. The molecule has 0 aliphatic heterocycles. The van der Waals surface area contributed by atoms with Crippen molar-refractivity contribution in [1.82, 2.24) is 0 Å². The summed E-state index contributed by atoms with van der Waals surface area (Å²) in [5.41, 5.74) is 7.32. The normalized spacial score (nSPS) is 29.0. The molecule has 3 fully saturated rings. The molecule has 0 heterocycles. The molecule has 4 rings (SSSR count). The first-order valence-electron chi connectivity index (χ1n) is 9.19. The van der Waals surface area contributed by atoms with Crippen LogP contribution in [0, 0.1) is 5.41 Å². The van der Waals surface area contributed by atoms with Crippen molar-refractivity contribution >= 4 is 9.84 Å². The molecule has 1 aromatic rings. The Hall–Kier alpha value is -1.40. The highest BCUT2D eigenvalue weighted by Crippen LogP contribution is 2.58. The van der Waals surface area contributed by atoms with Gasteiger partial charge in [-0.3, -0.25) is 0 Å². The van der Waals surface area contributed by atoms with Crippen molar-refractivity contribution in [2.75, 3.05) is 25.2 Å². The average Bonchev–Trinajstić information content (AvgIpc) is 2.63. The second kappa shape index (κ2) is 7.31. The second-order valence-corrected chi connectivity index (χ2v) is 10.3. The molecule has 0 saturated heterocycles. The molecule has 0 aromatic heterocycles. The molecule has 2 bridgehead atoms. The van der Waals surface area contributed by atoms with Crippen molar-refractivity contribution in [1.29, 1.82) is 0 Å². The molecular weight excluding hydrogens is 353 g/mol. The van der Waals surface area contributed by atoms with Crippen molar-refractivity contribution in [3.8, 4) is 5.75 Å². The van der Waals surface area contributed by atoms with Gasteiger partial charge < -0.3 is 10.5 Å². The minimum absolute atomic E-state index is 0.00426. The molecule has 1 aromatic carbocycles. The van der Waals surface area contributed by atoms with E-state index in [4.69, 9.17) is 10.5 Å². The first-order valence-corrected chi connectivity index (χ1v) is 11.3. The molecule has 144 valence electrons. The van der Waals surface area contributed by atoms with Gasteiger partial charge in [0.2, 0.25) is 0 Å². The zero-order valence-electron chi connectivity index (χ0n) is 15.3. The number of fused-ring (bicyclic) bond motifs is 3. The Labute approximate surface area is 155 Å². The van der Waals surface area contributed by atoms with Crippen molar-refractivity contribution in [3.63, 3.8) is 0 Å². The first-order chi connectivity index (χ1) is 12.3. The van der Waals surface area contributed by atoms with Gasteiger partial charge in [-0.15, -0.1) is 0 Å². The maximum atomic E-state index is 12.5. The Balaban J connectivity index is 1.66. The van der Waals surface area contributed by atoms with Gasteiger partial charge in [0.05, 0.1) is 12.1 Å². The van der Waals surface area contributed by atoms with Gasteiger partial charge in [0, 0.05) is 18.4 Å². The summed E-state index contributed by atoms with van der Waals surface area (Å²) >= 11 is 0. The molecule has 0 spiro atoms. The van der Waals surface area contributed by atoms with Gasteiger partial charge in [-0.2, -0.15) is 0 Å². The fourth-order valence-electron chi connectivity index (χ4n) is 4.68. The number of sulfone groups is 1. The largest absolute Gasteiger partial charge is 0.489 e. The van der Waals surface area contributed by atoms with Gasteiger partial charge in [-0.1, -0.05) is 12.1 Å². The van der Waals surface area contributed by atoms with E-state index in [-0.39, 0.29) is 24.0 Å². The Kier molecular flexibility index (Phi) is 5.45. The van der Waals surface area contributed by atoms with E-state index in [0.29, 0.717) is 23.4 Å². The number of benzene rings is 1. The number of ether oxygens (including phenoxy) is 1. The summed E-state index contributed by atoms with van der Waals surface area (Å²) in [6.45, 7) is 0.304. The first kappa shape index (κ1) is 19.4. The summed E-state index contributed by atoms with van der Waals surface area (Å²) in [5, 5.41) is 0. The molecule has 0 amide bonds. The molecular formula is C20H28FNO3S. The third kappa shape index (κ3) is 4.12. The van der Waals surface area contributed by atoms with Crippen LogP contribution in [0.1, 0.15) is 44.1 Å². The number of rotatable bonds is 7. The lowest BCUT2D eigenvalue weighted by Gasteiger charge is -2.53. The highest BCUT2D eigenvalue weighted by molar-refractivity contribution is 7.90. The van der Waals surface area contributed by atoms with Crippen LogP contribution < -0.4 is 10.5 Å². The molecule has 4 nitrogen and oxygen atoms in total. The minimum Gasteiger partial charge on any atom is -0.489 e. The number of halogens is 1. The highest BCUT2D eigenvalue weighted by atomic mass is 32.2. The fraction of sp³-hybridized carbons (Fsp3) is 0.600. The maximum Gasteiger partial charge on any atom is 0.148 e. The molecule has 2 N–H and O–H groups in total. The van der Waals surface area contributed by atoms with Crippen molar-refractivity contribution < 1.29 is 17.5 Å². The molecule has 3 saturated carbocycles. The lowest BCUT2D eigenvalue weighted by molar-refractivity contribution is 0.0582. The lowest BCUT2D eigenvalue weighted by Crippen LogP contribution is -2.47. The van der Waals surface area contributed by atoms with E-state index in [1.807, 2.05) is 12.1 Å². The lowest BCUT2D eigenvalue weighted by atomic mass is 9.52. The molecule has 26 heavy (non-hydrogen) atoms. The Morgan fingerprint density at radius 1 is 1.15 bits per heavy atom. The van der Waals surface area contributed by atoms with E-state index in [0.717, 1.165) is 38.5 Å². The summed E-state index contributed by atoms with van der Waals surface area (Å²) in [7, 11) is -2.93. The zero-order chi connectivity index (χ0) is 18.8. The zero-order valence-corrected chi connectivity index (χ0v) is 16.2. The Morgan fingerprint density at radius 2 is 1.73 bits per heavy atom. The highest BCUT2D eigenvalue weighted by Gasteiger charge is 2.50. The van der Waals surface area contributed by atoms with Crippen LogP contribution in [0.2, 0.25) is 0 Å². The third-order valence-electron chi connectivity index (χ3n) is 6.28. The summed E-state index contributed by atoms with van der Waals surface area (Å²) in [6, 6.07) is 8.07. The standard InChI is InChI=1S/C20H28FNO3S/c1-26(23,24)15-19-6-9-20(10-7-19,11-8-19)17-2-4-18(5-3-17)25-14-16(12-21)13-22/h2-5,12H,6-11,13-15,22H2,1H3/b16-12+. The summed E-state index contributed by atoms with van der Waals surface area (Å²) in [5.74, 6) is 1.03. The van der Waals surface area contributed by atoms with Crippen LogP contribution >= 0.6 is 0 Å². The van der Waals surface area contributed by atoms with E-state index in [9.17, 15) is 12.8 Å². The second-order valence-electron chi connectivity index (χ2n) is 8.13. The van der Waals surface area contributed by atoms with Crippen LogP contribution in [-0.2, 0) is 15.3 Å². The Bertz CT molecular complexity index is 746. The minimum atomic E-state index is -2.93. The molecule has 0 unspecified atom stereocenters. The Morgan fingerprint density at radius 3 is 2.19 bits per heavy atom. The molecule has 3 aliphatic rings. The van der Waals surface area contributed by atoms with Gasteiger partial charge in [0.1, 0.15) is 22.2 Å². The van der Waals surface area contributed by atoms with E-state index in [2.05, 4.69) is 12.1 Å². The van der Waals surface area contributed by atoms with Crippen molar-refractivity contribution in [2.45, 2.75) is 43.9 Å². The van der Waals surface area contributed by atoms with Crippen molar-refractivity contribution in [2.24, 2.45) is 11.1 Å². The van der Waals surface area contributed by atoms with Gasteiger partial charge in [-0.05, 0) is 67.1 Å². The van der Waals surface area contributed by atoms with Gasteiger partial charge in [-0.25, -0.2) is 12.8 Å². The summed E-state index contributed by atoms with van der Waals surface area (Å²) in [4.78, 5) is 0. The van der Waals surface area contributed by atoms with Gasteiger partial charge in [0.25, 0.3) is 0 Å². The van der Waals surface area contributed by atoms with Crippen LogP contribution in [0.25, 0.3) is 0 Å². The smallest absolute Gasteiger partial charge is 0.148 e. The average molecular weight is 382 g/mol. The van der Waals surface area contributed by atoms with Crippen LogP contribution in [0.3, 0.4) is 0 Å². The van der Waals surface area contributed by atoms with E-state index in [1.165, 1.54) is 11.8 Å². The van der Waals surface area contributed by atoms with Gasteiger partial charge >= 0.3 is 0 Å². The third-order valence-corrected chi connectivity index (χ3v) is 7.41. The van der Waals surface area contributed by atoms with Crippen LogP contribution in [0.5, 0.6) is 5.75 Å². The monoisotopic (exact) mass is 381 g/mol. The van der Waals surface area contributed by atoms with E-state index in [1.54, 1.807) is 0 Å². The number of hydrogen-bond donors (Lipinski definition) is 1. The SMILES string of the molecule is CS(=O)(=O)CC12CCC(c3ccc(OC/C(=C/F)CN)cc3)(CC1)CC2. The topological polar surface area (TPSA) is 69.4 Å². The van der Waals surface area contributed by atoms with Crippen molar-refractivity contribution in [3.05, 3.63) is 41.7 Å². The fourth-order valence-corrected chi connectivity index (χ4v) is 6.23. The van der Waals surface area contributed by atoms with Crippen LogP contribution in [0.4, 0.5) is 4.39 Å². The molecule has 0 radical (unpaired) electrons. The molecule has 6 heteroatoms. The predicted octanol–water partition coefficient (Wildman–Crippen LogP) is 3.51. The molecule has 0 atom stereocenters. The maximum absolute atomic E-state index is 12.5. The summed E-state index contributed by atoms with van der Waals surface area (Å²) in [6.07, 6.45) is 7.95. The quantitative estimate of drug-likeness (QED) is 0.785. The number of hydrogen-bond acceptors (Lipinski definition) is 4. The predicted molar refractivity (Wildman–Crippen MR) is 102 cm³/mol. The summed E-state index contributed by atoms with van der Waals surface area (Å²) < 4.78 is 41.7. The van der Waals surface area contributed by atoms with Gasteiger partial charge in [0.15, 0.2) is 0 Å². The van der Waals surface area contributed by atoms with E-state index < -0.39 is 9.84 Å². The van der Waals surface area contributed by atoms with E-state index >= 15 is 0 Å².